The maximum absolute atomic E-state index is 12.3. The van der Waals surface area contributed by atoms with Crippen molar-refractivity contribution >= 4 is 23.3 Å². The van der Waals surface area contributed by atoms with Crippen LogP contribution >= 0.6 is 0 Å². The molecule has 0 spiro atoms. The molecule has 0 aliphatic rings. The third-order valence-electron chi connectivity index (χ3n) is 3.19. The molecule has 5 nitrogen and oxygen atoms in total. The topological polar surface area (TPSA) is 71.1 Å². The fourth-order valence-electron chi connectivity index (χ4n) is 1.86. The molecule has 2 rings (SSSR count). The molecule has 0 bridgehead atoms. The van der Waals surface area contributed by atoms with Gasteiger partial charge in [-0.15, -0.1) is 0 Å². The van der Waals surface area contributed by atoms with Crippen LogP contribution in [0.4, 0.5) is 11.5 Å². The molecule has 1 aromatic carbocycles. The molecule has 0 aliphatic carbocycles. The van der Waals surface area contributed by atoms with Gasteiger partial charge in [0, 0.05) is 22.4 Å². The quantitative estimate of drug-likeness (QED) is 0.909. The number of anilines is 2. The number of aromatic nitrogens is 1. The first-order valence-corrected chi connectivity index (χ1v) is 7.42. The summed E-state index contributed by atoms with van der Waals surface area (Å²) in [7, 11) is 0. The summed E-state index contributed by atoms with van der Waals surface area (Å²) in [6.45, 7) is 7.37. The van der Waals surface area contributed by atoms with E-state index in [1.54, 1.807) is 30.3 Å². The summed E-state index contributed by atoms with van der Waals surface area (Å²) >= 11 is 0. The highest BCUT2D eigenvalue weighted by molar-refractivity contribution is 6.05. The molecule has 1 heterocycles. The van der Waals surface area contributed by atoms with Crippen molar-refractivity contribution in [1.82, 2.24) is 4.98 Å². The molecule has 0 fully saturated rings. The van der Waals surface area contributed by atoms with E-state index < -0.39 is 5.41 Å². The standard InChI is InChI=1S/C18H21N3O2/c1-12-7-5-10-15(19-12)21-16(22)13-8-6-9-14(11-13)20-17(23)18(2,3)4/h5-11H,1-4H3,(H,20,23)(H,19,21,22). The zero-order valence-corrected chi connectivity index (χ0v) is 13.8. The van der Waals surface area contributed by atoms with Gasteiger partial charge in [0.1, 0.15) is 5.82 Å². The van der Waals surface area contributed by atoms with E-state index in [1.165, 1.54) is 0 Å². The molecular formula is C18H21N3O2. The Kier molecular flexibility index (Phi) is 4.79. The number of pyridine rings is 1. The normalized spacial score (nSPS) is 11.0. The van der Waals surface area contributed by atoms with Gasteiger partial charge in [0.15, 0.2) is 0 Å². The zero-order valence-electron chi connectivity index (χ0n) is 13.8. The van der Waals surface area contributed by atoms with Crippen LogP contribution in [0.2, 0.25) is 0 Å². The molecular weight excluding hydrogens is 290 g/mol. The van der Waals surface area contributed by atoms with Gasteiger partial charge in [-0.05, 0) is 37.3 Å². The first kappa shape index (κ1) is 16.7. The number of aryl methyl sites for hydroxylation is 1. The van der Waals surface area contributed by atoms with Crippen molar-refractivity contribution in [3.05, 3.63) is 53.7 Å². The highest BCUT2D eigenvalue weighted by Crippen LogP contribution is 2.18. The van der Waals surface area contributed by atoms with Gasteiger partial charge >= 0.3 is 0 Å². The van der Waals surface area contributed by atoms with Crippen LogP contribution in [0.1, 0.15) is 36.8 Å². The van der Waals surface area contributed by atoms with Crippen LogP contribution in [0.15, 0.2) is 42.5 Å². The number of benzene rings is 1. The predicted octanol–water partition coefficient (Wildman–Crippen LogP) is 3.63. The minimum absolute atomic E-state index is 0.101. The van der Waals surface area contributed by atoms with Crippen LogP contribution in [0, 0.1) is 12.3 Å². The van der Waals surface area contributed by atoms with Crippen molar-refractivity contribution in [3.8, 4) is 0 Å². The third-order valence-corrected chi connectivity index (χ3v) is 3.19. The summed E-state index contributed by atoms with van der Waals surface area (Å²) in [6.07, 6.45) is 0. The number of nitrogens with zero attached hydrogens (tertiary/aromatic N) is 1. The Labute approximate surface area is 136 Å². The fourth-order valence-corrected chi connectivity index (χ4v) is 1.86. The van der Waals surface area contributed by atoms with Crippen LogP contribution in [0.5, 0.6) is 0 Å². The molecule has 23 heavy (non-hydrogen) atoms. The highest BCUT2D eigenvalue weighted by atomic mass is 16.2. The molecule has 2 N–H and O–H groups in total. The lowest BCUT2D eigenvalue weighted by Crippen LogP contribution is -2.27. The molecule has 1 aromatic heterocycles. The maximum Gasteiger partial charge on any atom is 0.256 e. The number of carbonyl (C=O) groups is 2. The fraction of sp³-hybridized carbons (Fsp3) is 0.278. The van der Waals surface area contributed by atoms with Gasteiger partial charge in [-0.3, -0.25) is 9.59 Å². The Bertz CT molecular complexity index is 733. The first-order chi connectivity index (χ1) is 10.8. The number of amides is 2. The second kappa shape index (κ2) is 6.60. The molecule has 0 aliphatic heterocycles. The number of carbonyl (C=O) groups excluding carboxylic acids is 2. The van der Waals surface area contributed by atoms with E-state index in [0.29, 0.717) is 17.1 Å². The molecule has 120 valence electrons. The van der Waals surface area contributed by atoms with Crippen molar-refractivity contribution in [3.63, 3.8) is 0 Å². The largest absolute Gasteiger partial charge is 0.326 e. The minimum Gasteiger partial charge on any atom is -0.326 e. The van der Waals surface area contributed by atoms with Crippen molar-refractivity contribution < 1.29 is 9.59 Å². The molecule has 0 unspecified atom stereocenters. The van der Waals surface area contributed by atoms with Crippen LogP contribution in [0.25, 0.3) is 0 Å². The van der Waals surface area contributed by atoms with E-state index in [-0.39, 0.29) is 11.8 Å². The van der Waals surface area contributed by atoms with Crippen molar-refractivity contribution in [2.45, 2.75) is 27.7 Å². The molecule has 0 radical (unpaired) electrons. The van der Waals surface area contributed by atoms with Crippen LogP contribution in [-0.4, -0.2) is 16.8 Å². The summed E-state index contributed by atoms with van der Waals surface area (Å²) in [5.74, 6) is 0.129. The first-order valence-electron chi connectivity index (χ1n) is 7.42. The lowest BCUT2D eigenvalue weighted by molar-refractivity contribution is -0.123. The molecule has 0 saturated carbocycles. The van der Waals surface area contributed by atoms with Crippen molar-refractivity contribution in [2.75, 3.05) is 10.6 Å². The predicted molar refractivity (Wildman–Crippen MR) is 91.5 cm³/mol. The third kappa shape index (κ3) is 4.64. The Hall–Kier alpha value is -2.69. The average molecular weight is 311 g/mol. The van der Waals surface area contributed by atoms with E-state index in [4.69, 9.17) is 0 Å². The van der Waals surface area contributed by atoms with Gasteiger partial charge in [-0.1, -0.05) is 32.9 Å². The number of nitrogens with one attached hydrogen (secondary N) is 2. The second-order valence-electron chi connectivity index (χ2n) is 6.40. The lowest BCUT2D eigenvalue weighted by atomic mass is 9.95. The van der Waals surface area contributed by atoms with E-state index in [0.717, 1.165) is 5.69 Å². The monoisotopic (exact) mass is 311 g/mol. The van der Waals surface area contributed by atoms with E-state index in [1.807, 2.05) is 39.8 Å². The van der Waals surface area contributed by atoms with Gasteiger partial charge in [-0.2, -0.15) is 0 Å². The summed E-state index contributed by atoms with van der Waals surface area (Å²) in [6, 6.07) is 12.3. The van der Waals surface area contributed by atoms with Gasteiger partial charge < -0.3 is 10.6 Å². The maximum atomic E-state index is 12.3. The Morgan fingerprint density at radius 1 is 1.00 bits per heavy atom. The lowest BCUT2D eigenvalue weighted by Gasteiger charge is -2.18. The summed E-state index contributed by atoms with van der Waals surface area (Å²) in [5.41, 5.74) is 1.38. The van der Waals surface area contributed by atoms with Gasteiger partial charge in [0.05, 0.1) is 0 Å². The number of rotatable bonds is 3. The van der Waals surface area contributed by atoms with Crippen LogP contribution < -0.4 is 10.6 Å². The zero-order chi connectivity index (χ0) is 17.0. The van der Waals surface area contributed by atoms with Crippen LogP contribution in [-0.2, 0) is 4.79 Å². The van der Waals surface area contributed by atoms with Gasteiger partial charge in [0.25, 0.3) is 5.91 Å². The molecule has 2 amide bonds. The molecule has 0 saturated heterocycles. The molecule has 0 atom stereocenters. The Balaban J connectivity index is 2.13. The summed E-state index contributed by atoms with van der Waals surface area (Å²) < 4.78 is 0. The minimum atomic E-state index is -0.496. The molecule has 2 aromatic rings. The van der Waals surface area contributed by atoms with Crippen molar-refractivity contribution in [2.24, 2.45) is 5.41 Å². The van der Waals surface area contributed by atoms with E-state index in [2.05, 4.69) is 15.6 Å². The van der Waals surface area contributed by atoms with Gasteiger partial charge in [-0.25, -0.2) is 4.98 Å². The Morgan fingerprint density at radius 2 is 1.70 bits per heavy atom. The van der Waals surface area contributed by atoms with E-state index >= 15 is 0 Å². The number of hydrogen-bond acceptors (Lipinski definition) is 3. The highest BCUT2D eigenvalue weighted by Gasteiger charge is 2.21. The Morgan fingerprint density at radius 3 is 2.35 bits per heavy atom. The van der Waals surface area contributed by atoms with Crippen LogP contribution in [0.3, 0.4) is 0 Å². The smallest absolute Gasteiger partial charge is 0.256 e. The van der Waals surface area contributed by atoms with E-state index in [9.17, 15) is 9.59 Å². The number of hydrogen-bond donors (Lipinski definition) is 2. The van der Waals surface area contributed by atoms with Crippen molar-refractivity contribution in [1.29, 1.82) is 0 Å². The summed E-state index contributed by atoms with van der Waals surface area (Å²) in [5, 5.41) is 5.56. The average Bonchev–Trinajstić information content (AvgIpc) is 2.46. The summed E-state index contributed by atoms with van der Waals surface area (Å²) in [4.78, 5) is 28.6. The van der Waals surface area contributed by atoms with Gasteiger partial charge in [0.2, 0.25) is 5.91 Å². The second-order valence-corrected chi connectivity index (χ2v) is 6.40. The molecule has 5 heteroatoms. The SMILES string of the molecule is Cc1cccc(NC(=O)c2cccc(NC(=O)C(C)(C)C)c2)n1.